The number of nitrogens with two attached hydrogens (primary N) is 3. The van der Waals surface area contributed by atoms with Gasteiger partial charge in [0.05, 0.1) is 11.8 Å². The number of hydrogen-bond acceptors (Lipinski definition) is 4. The smallest absolute Gasteiger partial charge is 0.142 e. The summed E-state index contributed by atoms with van der Waals surface area (Å²) in [5.74, 6) is 6.58. The predicted molar refractivity (Wildman–Crippen MR) is 181 cm³/mol. The maximum atomic E-state index is 6.45. The standard InChI is InChI=1S/C34H54N2O.C4H9N/c1-6-34-19-17-29-27(30(34)14-13-28(34)23(4)9-7-8-22(2)3)12-10-24-20-26(16-18-33(24,29)5)37-32-15-11-25(35)21-31(32)36;1-3-4(2)5/h10-12,15,21-24,26-30H,6-9,13-14,16-20,35-36H2,1-5H3;3H,5H2,1-2H3/b;4-3+. The Labute approximate surface area is 258 Å². The molecule has 0 spiro atoms. The summed E-state index contributed by atoms with van der Waals surface area (Å²) in [5, 5.41) is 0. The average molecular weight is 578 g/mol. The molecule has 236 valence electrons. The van der Waals surface area contributed by atoms with Crippen LogP contribution < -0.4 is 21.9 Å². The van der Waals surface area contributed by atoms with Gasteiger partial charge in [0, 0.05) is 11.4 Å². The van der Waals surface area contributed by atoms with Crippen molar-refractivity contribution in [2.24, 2.45) is 58.0 Å². The minimum Gasteiger partial charge on any atom is -0.488 e. The van der Waals surface area contributed by atoms with Gasteiger partial charge in [0.25, 0.3) is 0 Å². The average Bonchev–Trinajstić information content (AvgIpc) is 3.35. The highest BCUT2D eigenvalue weighted by Gasteiger charge is 2.60. The molecule has 0 bridgehead atoms. The van der Waals surface area contributed by atoms with E-state index in [9.17, 15) is 0 Å². The molecule has 1 aromatic rings. The Hall–Kier alpha value is -2.10. The van der Waals surface area contributed by atoms with E-state index in [0.717, 1.165) is 59.8 Å². The second-order valence-corrected chi connectivity index (χ2v) is 15.2. The Kier molecular flexibility index (Phi) is 10.7. The van der Waals surface area contributed by atoms with Crippen molar-refractivity contribution in [3.05, 3.63) is 42.1 Å². The fourth-order valence-corrected chi connectivity index (χ4v) is 10.0. The van der Waals surface area contributed by atoms with Crippen molar-refractivity contribution < 1.29 is 4.74 Å². The zero-order chi connectivity index (χ0) is 30.7. The van der Waals surface area contributed by atoms with Gasteiger partial charge in [-0.05, 0) is 136 Å². The lowest BCUT2D eigenvalue weighted by Gasteiger charge is -2.60. The molecule has 0 saturated heterocycles. The molecule has 42 heavy (non-hydrogen) atoms. The second kappa shape index (κ2) is 13.7. The minimum absolute atomic E-state index is 0.242. The topological polar surface area (TPSA) is 87.3 Å². The van der Waals surface area contributed by atoms with Gasteiger partial charge in [-0.3, -0.25) is 0 Å². The Morgan fingerprint density at radius 1 is 1.02 bits per heavy atom. The van der Waals surface area contributed by atoms with E-state index < -0.39 is 0 Å². The first kappa shape index (κ1) is 32.8. The number of nitrogen functional groups attached to an aromatic ring is 2. The van der Waals surface area contributed by atoms with Crippen LogP contribution in [0, 0.1) is 52.3 Å². The Bertz CT molecular complexity index is 1090. The highest BCUT2D eigenvalue weighted by atomic mass is 16.5. The molecular formula is C38H63N3O. The first-order valence-electron chi connectivity index (χ1n) is 17.3. The Morgan fingerprint density at radius 3 is 2.40 bits per heavy atom. The molecule has 3 fully saturated rings. The molecule has 9 unspecified atom stereocenters. The fourth-order valence-electron chi connectivity index (χ4n) is 10.0. The van der Waals surface area contributed by atoms with Gasteiger partial charge in [0.1, 0.15) is 5.75 Å². The van der Waals surface area contributed by atoms with Crippen molar-refractivity contribution >= 4 is 11.4 Å². The Balaban J connectivity index is 0.000000748. The molecule has 1 aromatic carbocycles. The van der Waals surface area contributed by atoms with Gasteiger partial charge in [-0.1, -0.05) is 72.1 Å². The van der Waals surface area contributed by atoms with Gasteiger partial charge in [-0.15, -0.1) is 0 Å². The van der Waals surface area contributed by atoms with Crippen LogP contribution in [0.3, 0.4) is 0 Å². The van der Waals surface area contributed by atoms with Crippen molar-refractivity contribution in [1.29, 1.82) is 0 Å². The van der Waals surface area contributed by atoms with E-state index in [1.165, 1.54) is 57.8 Å². The summed E-state index contributed by atoms with van der Waals surface area (Å²) in [6.45, 7) is 16.3. The molecule has 3 saturated carbocycles. The molecule has 4 nitrogen and oxygen atoms in total. The number of anilines is 2. The maximum absolute atomic E-state index is 6.45. The number of rotatable bonds is 8. The molecule has 0 aromatic heterocycles. The third-order valence-corrected chi connectivity index (χ3v) is 12.5. The van der Waals surface area contributed by atoms with Crippen LogP contribution in [0.5, 0.6) is 5.75 Å². The number of benzene rings is 1. The number of allylic oxidation sites excluding steroid dienone is 4. The summed E-state index contributed by atoms with van der Waals surface area (Å²) < 4.78 is 6.45. The van der Waals surface area contributed by atoms with E-state index >= 15 is 0 Å². The lowest BCUT2D eigenvalue weighted by molar-refractivity contribution is -0.0857. The van der Waals surface area contributed by atoms with Gasteiger partial charge >= 0.3 is 0 Å². The van der Waals surface area contributed by atoms with E-state index in [2.05, 4.69) is 46.8 Å². The zero-order valence-corrected chi connectivity index (χ0v) is 28.0. The van der Waals surface area contributed by atoms with Crippen molar-refractivity contribution in [3.63, 3.8) is 0 Å². The summed E-state index contributed by atoms with van der Waals surface area (Å²) in [6, 6.07) is 5.65. The molecular weight excluding hydrogens is 514 g/mol. The second-order valence-electron chi connectivity index (χ2n) is 15.2. The van der Waals surface area contributed by atoms with Crippen LogP contribution in [0.4, 0.5) is 11.4 Å². The lowest BCUT2D eigenvalue weighted by Crippen LogP contribution is -2.53. The number of ether oxygens (including phenoxy) is 1. The van der Waals surface area contributed by atoms with E-state index in [-0.39, 0.29) is 6.10 Å². The van der Waals surface area contributed by atoms with Crippen molar-refractivity contribution in [2.75, 3.05) is 11.5 Å². The van der Waals surface area contributed by atoms with Gasteiger partial charge in [-0.2, -0.15) is 0 Å². The van der Waals surface area contributed by atoms with Crippen LogP contribution in [0.2, 0.25) is 0 Å². The van der Waals surface area contributed by atoms with Crippen molar-refractivity contribution in [1.82, 2.24) is 0 Å². The number of hydrogen-bond donors (Lipinski definition) is 3. The summed E-state index contributed by atoms with van der Waals surface area (Å²) in [5.41, 5.74) is 20.5. The quantitative estimate of drug-likeness (QED) is 0.212. The molecule has 4 aliphatic rings. The molecule has 4 heteroatoms. The van der Waals surface area contributed by atoms with Gasteiger partial charge < -0.3 is 21.9 Å². The minimum atomic E-state index is 0.242. The molecule has 0 amide bonds. The third kappa shape index (κ3) is 6.68. The molecule has 0 heterocycles. The van der Waals surface area contributed by atoms with Crippen LogP contribution >= 0.6 is 0 Å². The summed E-state index contributed by atoms with van der Waals surface area (Å²) in [4.78, 5) is 0. The van der Waals surface area contributed by atoms with Crippen molar-refractivity contribution in [2.45, 2.75) is 125 Å². The van der Waals surface area contributed by atoms with E-state index in [0.29, 0.717) is 28.1 Å². The van der Waals surface area contributed by atoms with Crippen LogP contribution in [-0.4, -0.2) is 6.10 Å². The van der Waals surface area contributed by atoms with Gasteiger partial charge in [-0.25, -0.2) is 0 Å². The largest absolute Gasteiger partial charge is 0.488 e. The molecule has 5 rings (SSSR count). The molecule has 6 N–H and O–H groups in total. The maximum Gasteiger partial charge on any atom is 0.142 e. The van der Waals surface area contributed by atoms with Crippen LogP contribution in [0.15, 0.2) is 42.1 Å². The van der Waals surface area contributed by atoms with Crippen molar-refractivity contribution in [3.8, 4) is 5.75 Å². The fraction of sp³-hybridized carbons (Fsp3) is 0.737. The van der Waals surface area contributed by atoms with Crippen LogP contribution in [0.25, 0.3) is 0 Å². The molecule has 4 aliphatic carbocycles. The Morgan fingerprint density at radius 2 is 1.76 bits per heavy atom. The first-order valence-corrected chi connectivity index (χ1v) is 17.3. The van der Waals surface area contributed by atoms with E-state index in [4.69, 9.17) is 21.9 Å². The predicted octanol–water partition coefficient (Wildman–Crippen LogP) is 9.75. The first-order chi connectivity index (χ1) is 19.9. The van der Waals surface area contributed by atoms with Gasteiger partial charge in [0.2, 0.25) is 0 Å². The van der Waals surface area contributed by atoms with Crippen LogP contribution in [0.1, 0.15) is 119 Å². The SMILES string of the molecule is C/C=C(\C)N.CCC12CCC3C(C=CC4CC(Oc5ccc(N)cc5N)CCC43C)C1CCC2C(C)CCCC(C)C. The summed E-state index contributed by atoms with van der Waals surface area (Å²) >= 11 is 0. The summed E-state index contributed by atoms with van der Waals surface area (Å²) in [6.07, 6.45) is 22.4. The van der Waals surface area contributed by atoms with E-state index in [1.807, 2.05) is 38.1 Å². The highest BCUT2D eigenvalue weighted by Crippen LogP contribution is 2.68. The lowest BCUT2D eigenvalue weighted by atomic mass is 9.45. The normalized spacial score (nSPS) is 36.3. The summed E-state index contributed by atoms with van der Waals surface area (Å²) in [7, 11) is 0. The highest BCUT2D eigenvalue weighted by molar-refractivity contribution is 5.60. The van der Waals surface area contributed by atoms with E-state index in [1.54, 1.807) is 0 Å². The monoisotopic (exact) mass is 577 g/mol. The number of fused-ring (bicyclic) bond motifs is 5. The van der Waals surface area contributed by atoms with Gasteiger partial charge in [0.15, 0.2) is 0 Å². The third-order valence-electron chi connectivity index (χ3n) is 12.5. The van der Waals surface area contributed by atoms with Crippen LogP contribution in [-0.2, 0) is 0 Å². The molecule has 0 radical (unpaired) electrons. The zero-order valence-electron chi connectivity index (χ0n) is 28.0. The molecule has 9 atom stereocenters. The molecule has 0 aliphatic heterocycles.